The minimum absolute atomic E-state index is 0.0416. The smallest absolute Gasteiger partial charge is 0.306 e. The number of hydrogen-bond acceptors (Lipinski definition) is 2. The molecule has 1 heterocycles. The number of esters is 1. The third-order valence-corrected chi connectivity index (χ3v) is 2.94. The van der Waals surface area contributed by atoms with Gasteiger partial charge in [0.1, 0.15) is 6.10 Å². The quantitative estimate of drug-likeness (QED) is 0.692. The summed E-state index contributed by atoms with van der Waals surface area (Å²) in [6.45, 7) is 4.19. The van der Waals surface area contributed by atoms with E-state index < -0.39 is 0 Å². The van der Waals surface area contributed by atoms with E-state index in [2.05, 4.69) is 26.0 Å². The minimum atomic E-state index is -0.0671. The molecule has 1 aliphatic heterocycles. The van der Waals surface area contributed by atoms with Gasteiger partial charge in [-0.05, 0) is 11.5 Å². The van der Waals surface area contributed by atoms with Crippen LogP contribution in [0.2, 0.25) is 0 Å². The lowest BCUT2D eigenvalue weighted by molar-refractivity contribution is -0.142. The summed E-state index contributed by atoms with van der Waals surface area (Å²) >= 11 is 0. The van der Waals surface area contributed by atoms with Gasteiger partial charge >= 0.3 is 5.97 Å². The molecule has 2 nitrogen and oxygen atoms in total. The van der Waals surface area contributed by atoms with Crippen molar-refractivity contribution >= 4 is 5.97 Å². The largest absolute Gasteiger partial charge is 0.461 e. The first-order chi connectivity index (χ1) is 7.18. The van der Waals surface area contributed by atoms with E-state index in [4.69, 9.17) is 4.74 Å². The molecule has 2 heteroatoms. The number of benzene rings is 1. The van der Waals surface area contributed by atoms with Gasteiger partial charge < -0.3 is 4.74 Å². The van der Waals surface area contributed by atoms with Crippen LogP contribution in [0.4, 0.5) is 0 Å². The third-order valence-electron chi connectivity index (χ3n) is 2.94. The molecule has 0 aromatic heterocycles. The third kappa shape index (κ3) is 2.04. The van der Waals surface area contributed by atoms with Gasteiger partial charge in [0.2, 0.25) is 0 Å². The fourth-order valence-electron chi connectivity index (χ4n) is 2.19. The summed E-state index contributed by atoms with van der Waals surface area (Å²) in [5.74, 6) is 0.544. The van der Waals surface area contributed by atoms with Crippen molar-refractivity contribution in [3.05, 3.63) is 35.9 Å². The molecule has 2 rings (SSSR count). The van der Waals surface area contributed by atoms with Crippen LogP contribution >= 0.6 is 0 Å². The molecule has 0 N–H and O–H groups in total. The first-order valence-electron chi connectivity index (χ1n) is 5.43. The molecule has 2 atom stereocenters. The van der Waals surface area contributed by atoms with Crippen molar-refractivity contribution in [2.75, 3.05) is 0 Å². The van der Waals surface area contributed by atoms with Crippen molar-refractivity contribution in [1.29, 1.82) is 0 Å². The normalized spacial score (nSPS) is 25.7. The molecule has 0 radical (unpaired) electrons. The second-order valence-corrected chi connectivity index (χ2v) is 4.42. The maximum Gasteiger partial charge on any atom is 0.306 e. The van der Waals surface area contributed by atoms with Crippen molar-refractivity contribution in [2.45, 2.75) is 32.3 Å². The summed E-state index contributed by atoms with van der Waals surface area (Å²) in [7, 11) is 0. The predicted octanol–water partition coefficient (Wildman–Crippen LogP) is 2.74. The average molecular weight is 204 g/mol. The van der Waals surface area contributed by atoms with Crippen LogP contribution in [0, 0.1) is 5.92 Å². The van der Waals surface area contributed by atoms with E-state index in [1.165, 1.54) is 5.56 Å². The van der Waals surface area contributed by atoms with Crippen LogP contribution in [-0.2, 0) is 9.53 Å². The topological polar surface area (TPSA) is 26.3 Å². The van der Waals surface area contributed by atoms with E-state index in [0.717, 1.165) is 0 Å². The molecule has 1 aliphatic rings. The zero-order valence-electron chi connectivity index (χ0n) is 9.14. The molecule has 0 spiro atoms. The number of cyclic esters (lactones) is 1. The highest BCUT2D eigenvalue weighted by atomic mass is 16.6. The Bertz CT molecular complexity index is 343. The summed E-state index contributed by atoms with van der Waals surface area (Å²) in [6.07, 6.45) is 0.562. The number of hydrogen-bond donors (Lipinski definition) is 0. The Balaban J connectivity index is 2.24. The Morgan fingerprint density at radius 2 is 1.93 bits per heavy atom. The summed E-state index contributed by atoms with van der Waals surface area (Å²) in [5.41, 5.74) is 1.21. The summed E-state index contributed by atoms with van der Waals surface area (Å²) in [6, 6.07) is 10.2. The Morgan fingerprint density at radius 3 is 2.53 bits per heavy atom. The van der Waals surface area contributed by atoms with E-state index in [9.17, 15) is 4.79 Å². The zero-order chi connectivity index (χ0) is 10.8. The fraction of sp³-hybridized carbons (Fsp3) is 0.462. The van der Waals surface area contributed by atoms with Gasteiger partial charge in [0.25, 0.3) is 0 Å². The van der Waals surface area contributed by atoms with E-state index in [1.807, 2.05) is 18.2 Å². The summed E-state index contributed by atoms with van der Waals surface area (Å²) < 4.78 is 5.35. The lowest BCUT2D eigenvalue weighted by atomic mass is 9.87. The molecule has 15 heavy (non-hydrogen) atoms. The molecule has 0 saturated carbocycles. The van der Waals surface area contributed by atoms with E-state index in [-0.39, 0.29) is 18.0 Å². The van der Waals surface area contributed by atoms with Crippen molar-refractivity contribution in [1.82, 2.24) is 0 Å². The Morgan fingerprint density at radius 1 is 1.27 bits per heavy atom. The zero-order valence-corrected chi connectivity index (χ0v) is 9.14. The van der Waals surface area contributed by atoms with Crippen LogP contribution in [0.3, 0.4) is 0 Å². The number of ether oxygens (including phenoxy) is 1. The predicted molar refractivity (Wildman–Crippen MR) is 58.5 cm³/mol. The first kappa shape index (κ1) is 10.2. The van der Waals surface area contributed by atoms with Crippen LogP contribution < -0.4 is 0 Å². The molecule has 1 saturated heterocycles. The molecular formula is C13H16O2. The second kappa shape index (κ2) is 4.05. The second-order valence-electron chi connectivity index (χ2n) is 4.42. The van der Waals surface area contributed by atoms with E-state index in [0.29, 0.717) is 12.3 Å². The van der Waals surface area contributed by atoms with Crippen LogP contribution in [-0.4, -0.2) is 12.1 Å². The molecule has 1 aromatic rings. The molecule has 0 unspecified atom stereocenters. The van der Waals surface area contributed by atoms with E-state index >= 15 is 0 Å². The van der Waals surface area contributed by atoms with Gasteiger partial charge in [-0.2, -0.15) is 0 Å². The average Bonchev–Trinajstić information content (AvgIpc) is 2.62. The van der Waals surface area contributed by atoms with Gasteiger partial charge in [-0.25, -0.2) is 0 Å². The van der Waals surface area contributed by atoms with Gasteiger partial charge in [-0.15, -0.1) is 0 Å². The molecular weight excluding hydrogens is 188 g/mol. The molecule has 0 aliphatic carbocycles. The van der Waals surface area contributed by atoms with Crippen LogP contribution in [0.5, 0.6) is 0 Å². The van der Waals surface area contributed by atoms with Gasteiger partial charge in [0.15, 0.2) is 0 Å². The maximum atomic E-state index is 11.3. The molecule has 0 bridgehead atoms. The van der Waals surface area contributed by atoms with Crippen molar-refractivity contribution in [3.63, 3.8) is 0 Å². The van der Waals surface area contributed by atoms with E-state index in [1.54, 1.807) is 0 Å². The number of rotatable bonds is 2. The standard InChI is InChI=1S/C13H16O2/c1-9(2)13-11(8-12(14)15-13)10-6-4-3-5-7-10/h3-7,9,11,13H,8H2,1-2H3/t11-,13+/m1/s1. The highest BCUT2D eigenvalue weighted by Crippen LogP contribution is 2.35. The highest BCUT2D eigenvalue weighted by molar-refractivity contribution is 5.73. The molecule has 0 amide bonds. The van der Waals surface area contributed by atoms with Gasteiger partial charge in [-0.1, -0.05) is 44.2 Å². The Kier molecular flexibility index (Phi) is 2.76. The van der Waals surface area contributed by atoms with Crippen LogP contribution in [0.25, 0.3) is 0 Å². The summed E-state index contributed by atoms with van der Waals surface area (Å²) in [4.78, 5) is 11.3. The minimum Gasteiger partial charge on any atom is -0.461 e. The fourth-order valence-corrected chi connectivity index (χ4v) is 2.19. The Hall–Kier alpha value is -1.31. The Labute approximate surface area is 90.3 Å². The van der Waals surface area contributed by atoms with Gasteiger partial charge in [0, 0.05) is 5.92 Å². The maximum absolute atomic E-state index is 11.3. The van der Waals surface area contributed by atoms with Gasteiger partial charge in [0.05, 0.1) is 6.42 Å². The SMILES string of the molecule is CC(C)[C@@H]1OC(=O)C[C@@H]1c1ccccc1. The number of carbonyl (C=O) groups excluding carboxylic acids is 1. The molecule has 80 valence electrons. The first-order valence-corrected chi connectivity index (χ1v) is 5.43. The van der Waals surface area contributed by atoms with Crippen molar-refractivity contribution in [2.24, 2.45) is 5.92 Å². The van der Waals surface area contributed by atoms with Crippen LogP contribution in [0.15, 0.2) is 30.3 Å². The van der Waals surface area contributed by atoms with Gasteiger partial charge in [-0.3, -0.25) is 4.79 Å². The monoisotopic (exact) mass is 204 g/mol. The number of carbonyl (C=O) groups is 1. The van der Waals surface area contributed by atoms with Crippen molar-refractivity contribution < 1.29 is 9.53 Å². The van der Waals surface area contributed by atoms with Crippen molar-refractivity contribution in [3.8, 4) is 0 Å². The molecule has 1 fully saturated rings. The summed E-state index contributed by atoms with van der Waals surface area (Å²) in [5, 5.41) is 0. The van der Waals surface area contributed by atoms with Crippen LogP contribution in [0.1, 0.15) is 31.7 Å². The highest BCUT2D eigenvalue weighted by Gasteiger charge is 2.37. The lowest BCUT2D eigenvalue weighted by Gasteiger charge is -2.21. The molecule has 1 aromatic carbocycles. The lowest BCUT2D eigenvalue weighted by Crippen LogP contribution is -2.21.